The van der Waals surface area contributed by atoms with Crippen LogP contribution in [0.4, 0.5) is 13.2 Å². The van der Waals surface area contributed by atoms with Crippen molar-refractivity contribution in [2.75, 3.05) is 0 Å². The highest BCUT2D eigenvalue weighted by molar-refractivity contribution is 5.97. The van der Waals surface area contributed by atoms with Gasteiger partial charge in [-0.15, -0.1) is 5.92 Å². The van der Waals surface area contributed by atoms with E-state index in [0.717, 1.165) is 12.1 Å². The summed E-state index contributed by atoms with van der Waals surface area (Å²) >= 11 is 0. The Morgan fingerprint density at radius 2 is 2.06 bits per heavy atom. The van der Waals surface area contributed by atoms with E-state index in [1.165, 1.54) is 12.1 Å². The van der Waals surface area contributed by atoms with Crippen LogP contribution >= 0.6 is 0 Å². The summed E-state index contributed by atoms with van der Waals surface area (Å²) in [6.07, 6.45) is -4.48. The van der Waals surface area contributed by atoms with Crippen molar-refractivity contribution in [1.29, 1.82) is 0 Å². The fourth-order valence-corrected chi connectivity index (χ4v) is 1.14. The van der Waals surface area contributed by atoms with E-state index in [1.807, 2.05) is 0 Å². The van der Waals surface area contributed by atoms with E-state index >= 15 is 0 Å². The van der Waals surface area contributed by atoms with E-state index < -0.39 is 17.5 Å². The molecule has 0 amide bonds. The molecular formula is C12H9F3O. The lowest BCUT2D eigenvalue weighted by atomic mass is 10.1. The number of halogens is 3. The number of Topliss-reactive ketones (excluding diaryl/α,β-unsaturated/α-hetero) is 1. The first-order chi connectivity index (χ1) is 7.45. The molecule has 0 spiro atoms. The summed E-state index contributed by atoms with van der Waals surface area (Å²) in [6.45, 7) is 1.57. The van der Waals surface area contributed by atoms with E-state index in [0.29, 0.717) is 0 Å². The molecule has 1 rings (SSSR count). The fourth-order valence-electron chi connectivity index (χ4n) is 1.14. The standard InChI is InChI=1S/C12H9F3O/c1-2-3-7-11(16)9-5-4-6-10(8-9)12(13,14)15/h4-6,8H,7H2,1H3. The predicted octanol–water partition coefficient (Wildman–Crippen LogP) is 3.30. The molecule has 0 heterocycles. The van der Waals surface area contributed by atoms with Crippen LogP contribution in [0.1, 0.15) is 29.3 Å². The van der Waals surface area contributed by atoms with Gasteiger partial charge in [-0.25, -0.2) is 0 Å². The molecule has 0 aliphatic rings. The van der Waals surface area contributed by atoms with Gasteiger partial charge in [0.05, 0.1) is 12.0 Å². The quantitative estimate of drug-likeness (QED) is 0.558. The molecule has 0 saturated heterocycles. The Hall–Kier alpha value is -1.76. The average molecular weight is 226 g/mol. The third-order valence-electron chi connectivity index (χ3n) is 1.94. The van der Waals surface area contributed by atoms with Gasteiger partial charge in [0.1, 0.15) is 0 Å². The zero-order valence-electron chi connectivity index (χ0n) is 8.56. The number of carbonyl (C=O) groups is 1. The van der Waals surface area contributed by atoms with Crippen LogP contribution in [0.5, 0.6) is 0 Å². The highest BCUT2D eigenvalue weighted by atomic mass is 19.4. The van der Waals surface area contributed by atoms with Crippen molar-refractivity contribution >= 4 is 5.78 Å². The number of ketones is 1. The minimum absolute atomic E-state index is 0.0394. The molecule has 16 heavy (non-hydrogen) atoms. The molecule has 0 fully saturated rings. The first-order valence-electron chi connectivity index (χ1n) is 4.55. The lowest BCUT2D eigenvalue weighted by molar-refractivity contribution is -0.137. The maximum absolute atomic E-state index is 12.3. The summed E-state index contributed by atoms with van der Waals surface area (Å²) in [4.78, 5) is 11.4. The van der Waals surface area contributed by atoms with Crippen molar-refractivity contribution in [3.8, 4) is 11.8 Å². The minimum Gasteiger partial charge on any atom is -0.293 e. The van der Waals surface area contributed by atoms with E-state index in [2.05, 4.69) is 11.8 Å². The van der Waals surface area contributed by atoms with Crippen LogP contribution in [0.15, 0.2) is 24.3 Å². The molecular weight excluding hydrogens is 217 g/mol. The van der Waals surface area contributed by atoms with Gasteiger partial charge in [-0.1, -0.05) is 18.1 Å². The maximum Gasteiger partial charge on any atom is 0.416 e. The van der Waals surface area contributed by atoms with Crippen molar-refractivity contribution in [2.45, 2.75) is 19.5 Å². The molecule has 0 atom stereocenters. The first kappa shape index (κ1) is 12.3. The van der Waals surface area contributed by atoms with Crippen molar-refractivity contribution in [1.82, 2.24) is 0 Å². The van der Waals surface area contributed by atoms with Gasteiger partial charge in [0.15, 0.2) is 5.78 Å². The van der Waals surface area contributed by atoms with Gasteiger partial charge in [0, 0.05) is 5.56 Å². The van der Waals surface area contributed by atoms with Gasteiger partial charge >= 0.3 is 6.18 Å². The predicted molar refractivity (Wildman–Crippen MR) is 53.8 cm³/mol. The van der Waals surface area contributed by atoms with Crippen molar-refractivity contribution < 1.29 is 18.0 Å². The Bertz CT molecular complexity index is 449. The van der Waals surface area contributed by atoms with Crippen LogP contribution < -0.4 is 0 Å². The minimum atomic E-state index is -4.42. The normalized spacial score (nSPS) is 10.5. The molecule has 0 aliphatic heterocycles. The van der Waals surface area contributed by atoms with Crippen LogP contribution in [-0.4, -0.2) is 5.78 Å². The number of hydrogen-bond acceptors (Lipinski definition) is 1. The van der Waals surface area contributed by atoms with Gasteiger partial charge in [-0.2, -0.15) is 13.2 Å². The molecule has 0 aliphatic carbocycles. The monoisotopic (exact) mass is 226 g/mol. The van der Waals surface area contributed by atoms with Crippen LogP contribution in [0.3, 0.4) is 0 Å². The summed E-state index contributed by atoms with van der Waals surface area (Å²) in [5, 5.41) is 0. The van der Waals surface area contributed by atoms with Crippen LogP contribution in [-0.2, 0) is 6.18 Å². The third-order valence-corrected chi connectivity index (χ3v) is 1.94. The molecule has 0 radical (unpaired) electrons. The summed E-state index contributed by atoms with van der Waals surface area (Å²) < 4.78 is 37.0. The van der Waals surface area contributed by atoms with Gasteiger partial charge in [0.25, 0.3) is 0 Å². The summed E-state index contributed by atoms with van der Waals surface area (Å²) in [7, 11) is 0. The van der Waals surface area contributed by atoms with Crippen molar-refractivity contribution in [3.05, 3.63) is 35.4 Å². The summed E-state index contributed by atoms with van der Waals surface area (Å²) in [5.74, 6) is 4.64. The second-order valence-corrected chi connectivity index (χ2v) is 3.11. The molecule has 84 valence electrons. The molecule has 0 N–H and O–H groups in total. The Morgan fingerprint density at radius 3 is 2.62 bits per heavy atom. The molecule has 1 nitrogen and oxygen atoms in total. The highest BCUT2D eigenvalue weighted by Crippen LogP contribution is 2.29. The number of hydrogen-bond donors (Lipinski definition) is 0. The molecule has 0 aromatic heterocycles. The third kappa shape index (κ3) is 3.13. The molecule has 4 heteroatoms. The topological polar surface area (TPSA) is 17.1 Å². The lowest BCUT2D eigenvalue weighted by Gasteiger charge is -2.07. The van der Waals surface area contributed by atoms with Crippen LogP contribution in [0.25, 0.3) is 0 Å². The number of benzene rings is 1. The fraction of sp³-hybridized carbons (Fsp3) is 0.250. The second kappa shape index (κ2) is 4.84. The first-order valence-corrected chi connectivity index (χ1v) is 4.55. The summed E-state index contributed by atoms with van der Waals surface area (Å²) in [5.41, 5.74) is -0.777. The highest BCUT2D eigenvalue weighted by Gasteiger charge is 2.30. The lowest BCUT2D eigenvalue weighted by Crippen LogP contribution is -2.07. The SMILES string of the molecule is CC#CCC(=O)c1cccc(C(F)(F)F)c1. The number of alkyl halides is 3. The van der Waals surface area contributed by atoms with E-state index in [4.69, 9.17) is 0 Å². The maximum atomic E-state index is 12.3. The molecule has 1 aromatic carbocycles. The largest absolute Gasteiger partial charge is 0.416 e. The van der Waals surface area contributed by atoms with Gasteiger partial charge in [-0.05, 0) is 19.1 Å². The zero-order valence-corrected chi connectivity index (χ0v) is 8.56. The van der Waals surface area contributed by atoms with Gasteiger partial charge in [0.2, 0.25) is 0 Å². The number of carbonyl (C=O) groups excluding carboxylic acids is 1. The Balaban J connectivity index is 2.97. The Morgan fingerprint density at radius 1 is 1.38 bits per heavy atom. The number of rotatable bonds is 2. The average Bonchev–Trinajstić information content (AvgIpc) is 2.25. The van der Waals surface area contributed by atoms with Crippen LogP contribution in [0, 0.1) is 11.8 Å². The van der Waals surface area contributed by atoms with Gasteiger partial charge in [-0.3, -0.25) is 4.79 Å². The van der Waals surface area contributed by atoms with Crippen molar-refractivity contribution in [3.63, 3.8) is 0 Å². The van der Waals surface area contributed by atoms with E-state index in [9.17, 15) is 18.0 Å². The Labute approximate surface area is 91.3 Å². The summed E-state index contributed by atoms with van der Waals surface area (Å²) in [6, 6.07) is 4.35. The van der Waals surface area contributed by atoms with E-state index in [1.54, 1.807) is 6.92 Å². The Kier molecular flexibility index (Phi) is 3.73. The molecule has 0 bridgehead atoms. The molecule has 1 aromatic rings. The second-order valence-electron chi connectivity index (χ2n) is 3.11. The van der Waals surface area contributed by atoms with Crippen molar-refractivity contribution in [2.24, 2.45) is 0 Å². The van der Waals surface area contributed by atoms with Crippen LogP contribution in [0.2, 0.25) is 0 Å². The molecule has 0 saturated carbocycles. The van der Waals surface area contributed by atoms with E-state index in [-0.39, 0.29) is 12.0 Å². The molecule has 0 unspecified atom stereocenters. The zero-order chi connectivity index (χ0) is 12.2. The van der Waals surface area contributed by atoms with Gasteiger partial charge < -0.3 is 0 Å². The smallest absolute Gasteiger partial charge is 0.293 e.